The van der Waals surface area contributed by atoms with E-state index in [1.807, 2.05) is 35.8 Å². The molecule has 0 aliphatic carbocycles. The first-order chi connectivity index (χ1) is 9.70. The molecule has 106 valence electrons. The SMILES string of the molecule is CCCC/C(C)=N\NC(=O)Cn1cnc2ccccc21. The Morgan fingerprint density at radius 3 is 3.00 bits per heavy atom. The Bertz CT molecular complexity index is 615. The number of hydrogen-bond donors (Lipinski definition) is 1. The number of hydrogen-bond acceptors (Lipinski definition) is 3. The second kappa shape index (κ2) is 6.84. The maximum Gasteiger partial charge on any atom is 0.260 e. The van der Waals surface area contributed by atoms with E-state index in [4.69, 9.17) is 0 Å². The summed E-state index contributed by atoms with van der Waals surface area (Å²) >= 11 is 0. The van der Waals surface area contributed by atoms with E-state index in [0.29, 0.717) is 0 Å². The van der Waals surface area contributed by atoms with E-state index in [2.05, 4.69) is 22.4 Å². The number of nitrogens with one attached hydrogen (secondary N) is 1. The predicted molar refractivity (Wildman–Crippen MR) is 80.5 cm³/mol. The molecule has 0 saturated heterocycles. The third-order valence-electron chi connectivity index (χ3n) is 3.10. The fourth-order valence-corrected chi connectivity index (χ4v) is 1.97. The van der Waals surface area contributed by atoms with Crippen LogP contribution in [0.4, 0.5) is 0 Å². The Kier molecular flexibility index (Phi) is 4.87. The maximum atomic E-state index is 11.9. The molecular weight excluding hydrogens is 252 g/mol. The summed E-state index contributed by atoms with van der Waals surface area (Å²) in [5.74, 6) is -0.135. The molecule has 1 N–H and O–H groups in total. The van der Waals surface area contributed by atoms with Crippen molar-refractivity contribution in [1.29, 1.82) is 0 Å². The number of nitrogens with zero attached hydrogens (tertiary/aromatic N) is 3. The number of benzene rings is 1. The number of fused-ring (bicyclic) bond motifs is 1. The predicted octanol–water partition coefficient (Wildman–Crippen LogP) is 2.72. The van der Waals surface area contributed by atoms with Crippen molar-refractivity contribution in [2.75, 3.05) is 0 Å². The van der Waals surface area contributed by atoms with Crippen LogP contribution >= 0.6 is 0 Å². The third kappa shape index (κ3) is 3.66. The van der Waals surface area contributed by atoms with Crippen molar-refractivity contribution in [2.24, 2.45) is 5.10 Å². The number of unbranched alkanes of at least 4 members (excludes halogenated alkanes) is 1. The topological polar surface area (TPSA) is 59.3 Å². The van der Waals surface area contributed by atoms with Gasteiger partial charge in [0.1, 0.15) is 6.54 Å². The van der Waals surface area contributed by atoms with Gasteiger partial charge >= 0.3 is 0 Å². The molecule has 0 bridgehead atoms. The number of para-hydroxylation sites is 2. The van der Waals surface area contributed by atoms with Gasteiger partial charge in [-0.25, -0.2) is 10.4 Å². The van der Waals surface area contributed by atoms with Crippen LogP contribution in [0.2, 0.25) is 0 Å². The van der Waals surface area contributed by atoms with E-state index < -0.39 is 0 Å². The molecule has 2 rings (SSSR count). The molecule has 5 nitrogen and oxygen atoms in total. The van der Waals surface area contributed by atoms with Crippen LogP contribution in [0.25, 0.3) is 11.0 Å². The van der Waals surface area contributed by atoms with Crippen LogP contribution < -0.4 is 5.43 Å². The molecule has 0 atom stereocenters. The summed E-state index contributed by atoms with van der Waals surface area (Å²) < 4.78 is 1.82. The Morgan fingerprint density at radius 1 is 1.40 bits per heavy atom. The van der Waals surface area contributed by atoms with E-state index in [1.165, 1.54) is 0 Å². The number of aromatic nitrogens is 2. The fraction of sp³-hybridized carbons (Fsp3) is 0.400. The lowest BCUT2D eigenvalue weighted by Gasteiger charge is -2.04. The van der Waals surface area contributed by atoms with Crippen LogP contribution in [0.1, 0.15) is 33.1 Å². The highest BCUT2D eigenvalue weighted by molar-refractivity contribution is 5.85. The third-order valence-corrected chi connectivity index (χ3v) is 3.10. The zero-order chi connectivity index (χ0) is 14.4. The van der Waals surface area contributed by atoms with Crippen LogP contribution in [0.5, 0.6) is 0 Å². The minimum Gasteiger partial charge on any atom is -0.321 e. The first-order valence-electron chi connectivity index (χ1n) is 6.92. The fourth-order valence-electron chi connectivity index (χ4n) is 1.97. The smallest absolute Gasteiger partial charge is 0.260 e. The summed E-state index contributed by atoms with van der Waals surface area (Å²) in [6.45, 7) is 4.30. The molecular formula is C15H20N4O. The Labute approximate surface area is 118 Å². The van der Waals surface area contributed by atoms with Crippen LogP contribution in [0.3, 0.4) is 0 Å². The van der Waals surface area contributed by atoms with Crippen LogP contribution in [-0.2, 0) is 11.3 Å². The van der Waals surface area contributed by atoms with E-state index in [9.17, 15) is 4.79 Å². The highest BCUT2D eigenvalue weighted by Gasteiger charge is 2.06. The van der Waals surface area contributed by atoms with Gasteiger partial charge in [0.15, 0.2) is 0 Å². The van der Waals surface area contributed by atoms with Gasteiger partial charge in [-0.05, 0) is 31.9 Å². The van der Waals surface area contributed by atoms with Gasteiger partial charge < -0.3 is 4.57 Å². The molecule has 0 unspecified atom stereocenters. The lowest BCUT2D eigenvalue weighted by Crippen LogP contribution is -2.23. The summed E-state index contributed by atoms with van der Waals surface area (Å²) in [6, 6.07) is 7.74. The average molecular weight is 272 g/mol. The summed E-state index contributed by atoms with van der Waals surface area (Å²) in [7, 11) is 0. The average Bonchev–Trinajstić information content (AvgIpc) is 2.86. The van der Waals surface area contributed by atoms with Crippen molar-refractivity contribution >= 4 is 22.7 Å². The minimum absolute atomic E-state index is 0.135. The second-order valence-corrected chi connectivity index (χ2v) is 4.85. The van der Waals surface area contributed by atoms with Gasteiger partial charge in [-0.3, -0.25) is 4.79 Å². The molecule has 2 aromatic rings. The number of rotatable bonds is 6. The van der Waals surface area contributed by atoms with Crippen molar-refractivity contribution in [1.82, 2.24) is 15.0 Å². The molecule has 0 aliphatic rings. The van der Waals surface area contributed by atoms with Gasteiger partial charge in [-0.15, -0.1) is 0 Å². The summed E-state index contributed by atoms with van der Waals surface area (Å²) in [5.41, 5.74) is 5.39. The second-order valence-electron chi connectivity index (χ2n) is 4.85. The van der Waals surface area contributed by atoms with Gasteiger partial charge in [-0.2, -0.15) is 5.10 Å². The van der Waals surface area contributed by atoms with Crippen LogP contribution in [-0.4, -0.2) is 21.2 Å². The Morgan fingerprint density at radius 2 is 2.20 bits per heavy atom. The number of imidazole rings is 1. The maximum absolute atomic E-state index is 11.9. The quantitative estimate of drug-likeness (QED) is 0.649. The summed E-state index contributed by atoms with van der Waals surface area (Å²) in [5, 5.41) is 4.11. The van der Waals surface area contributed by atoms with E-state index in [1.54, 1.807) is 6.33 Å². The molecule has 0 aliphatic heterocycles. The van der Waals surface area contributed by atoms with Crippen molar-refractivity contribution in [3.63, 3.8) is 0 Å². The lowest BCUT2D eigenvalue weighted by atomic mass is 10.2. The standard InChI is InChI=1S/C15H20N4O/c1-3-4-7-12(2)17-18-15(20)10-19-11-16-13-8-5-6-9-14(13)19/h5-6,8-9,11H,3-4,7,10H2,1-2H3,(H,18,20)/b17-12-. The highest BCUT2D eigenvalue weighted by atomic mass is 16.2. The van der Waals surface area contributed by atoms with E-state index in [-0.39, 0.29) is 12.5 Å². The van der Waals surface area contributed by atoms with Gasteiger partial charge in [0, 0.05) is 5.71 Å². The molecule has 0 fully saturated rings. The zero-order valence-electron chi connectivity index (χ0n) is 12.0. The normalized spacial score (nSPS) is 11.8. The lowest BCUT2D eigenvalue weighted by molar-refractivity contribution is -0.121. The zero-order valence-corrected chi connectivity index (χ0v) is 12.0. The Hall–Kier alpha value is -2.17. The van der Waals surface area contributed by atoms with E-state index in [0.717, 1.165) is 36.0 Å². The van der Waals surface area contributed by atoms with Gasteiger partial charge in [0.2, 0.25) is 0 Å². The molecule has 20 heavy (non-hydrogen) atoms. The molecule has 1 aromatic carbocycles. The number of carbonyl (C=O) groups is 1. The van der Waals surface area contributed by atoms with Gasteiger partial charge in [0.05, 0.1) is 17.4 Å². The first kappa shape index (κ1) is 14.2. The highest BCUT2D eigenvalue weighted by Crippen LogP contribution is 2.11. The molecule has 0 spiro atoms. The molecule has 1 heterocycles. The summed E-state index contributed by atoms with van der Waals surface area (Å²) in [4.78, 5) is 16.1. The Balaban J connectivity index is 1.95. The van der Waals surface area contributed by atoms with Crippen molar-refractivity contribution in [3.8, 4) is 0 Å². The van der Waals surface area contributed by atoms with Crippen molar-refractivity contribution < 1.29 is 4.79 Å². The first-order valence-corrected chi connectivity index (χ1v) is 6.92. The summed E-state index contributed by atoms with van der Waals surface area (Å²) in [6.07, 6.45) is 4.82. The monoisotopic (exact) mass is 272 g/mol. The largest absolute Gasteiger partial charge is 0.321 e. The molecule has 5 heteroatoms. The molecule has 0 radical (unpaired) electrons. The van der Waals surface area contributed by atoms with E-state index >= 15 is 0 Å². The number of carbonyl (C=O) groups excluding carboxylic acids is 1. The van der Waals surface area contributed by atoms with Crippen molar-refractivity contribution in [3.05, 3.63) is 30.6 Å². The van der Waals surface area contributed by atoms with Crippen LogP contribution in [0, 0.1) is 0 Å². The van der Waals surface area contributed by atoms with Gasteiger partial charge in [-0.1, -0.05) is 25.5 Å². The molecule has 1 aromatic heterocycles. The van der Waals surface area contributed by atoms with Crippen molar-refractivity contribution in [2.45, 2.75) is 39.7 Å². The van der Waals surface area contributed by atoms with Gasteiger partial charge in [0.25, 0.3) is 5.91 Å². The minimum atomic E-state index is -0.135. The molecule has 0 saturated carbocycles. The number of amides is 1. The molecule has 1 amide bonds. The number of hydrazone groups is 1. The van der Waals surface area contributed by atoms with Crippen LogP contribution in [0.15, 0.2) is 35.7 Å².